The number of amides is 2. The maximum absolute atomic E-state index is 12.0. The van der Waals surface area contributed by atoms with Crippen molar-refractivity contribution in [2.45, 2.75) is 19.4 Å². The Morgan fingerprint density at radius 2 is 1.88 bits per heavy atom. The average Bonchev–Trinajstić information content (AvgIpc) is 3.15. The summed E-state index contributed by atoms with van der Waals surface area (Å²) < 4.78 is 10.9. The second kappa shape index (κ2) is 7.68. The highest BCUT2D eigenvalue weighted by Crippen LogP contribution is 2.22. The number of nitrogens with one attached hydrogen (secondary N) is 1. The Hall–Kier alpha value is -2.76. The topological polar surface area (TPSA) is 63.7 Å². The van der Waals surface area contributed by atoms with Gasteiger partial charge in [-0.3, -0.25) is 0 Å². The zero-order chi connectivity index (χ0) is 16.8. The monoisotopic (exact) mass is 327 g/mol. The molecule has 2 amide bonds. The van der Waals surface area contributed by atoms with E-state index in [-0.39, 0.29) is 6.03 Å². The molecule has 6 nitrogen and oxygen atoms in total. The fourth-order valence-corrected chi connectivity index (χ4v) is 2.59. The number of hydrogen-bond acceptors (Lipinski definition) is 4. The molecule has 126 valence electrons. The number of urea groups is 1. The second-order valence-electron chi connectivity index (χ2n) is 5.63. The van der Waals surface area contributed by atoms with Crippen molar-refractivity contribution in [3.05, 3.63) is 48.2 Å². The quantitative estimate of drug-likeness (QED) is 0.916. The lowest BCUT2D eigenvalue weighted by atomic mass is 10.2. The number of hydrogen-bond donors (Lipinski definition) is 1. The largest absolute Gasteiger partial charge is 0.497 e. The minimum atomic E-state index is -0.0121. The highest BCUT2D eigenvalue weighted by atomic mass is 16.5. The number of ether oxygens (including phenoxy) is 2. The number of carbonyl (C=O) groups is 1. The van der Waals surface area contributed by atoms with Gasteiger partial charge in [-0.2, -0.15) is 0 Å². The van der Waals surface area contributed by atoms with E-state index >= 15 is 0 Å². The summed E-state index contributed by atoms with van der Waals surface area (Å²) in [6, 6.07) is 11.0. The SMILES string of the molecule is COc1ccc(Oc2cc(CNC(=O)N3CCCC3)ccn2)cc1. The predicted octanol–water partition coefficient (Wildman–Crippen LogP) is 3.19. The molecule has 0 spiro atoms. The molecule has 1 saturated heterocycles. The van der Waals surface area contributed by atoms with Crippen LogP contribution in [0.1, 0.15) is 18.4 Å². The summed E-state index contributed by atoms with van der Waals surface area (Å²) >= 11 is 0. The summed E-state index contributed by atoms with van der Waals surface area (Å²) in [6.45, 7) is 2.14. The van der Waals surface area contributed by atoms with E-state index in [9.17, 15) is 4.79 Å². The Morgan fingerprint density at radius 1 is 1.17 bits per heavy atom. The van der Waals surface area contributed by atoms with E-state index < -0.39 is 0 Å². The number of rotatable bonds is 5. The second-order valence-corrected chi connectivity index (χ2v) is 5.63. The van der Waals surface area contributed by atoms with Crippen LogP contribution in [0.15, 0.2) is 42.6 Å². The lowest BCUT2D eigenvalue weighted by molar-refractivity contribution is 0.208. The van der Waals surface area contributed by atoms with Crippen molar-refractivity contribution in [2.24, 2.45) is 0 Å². The Morgan fingerprint density at radius 3 is 2.58 bits per heavy atom. The Labute approximate surface area is 141 Å². The van der Waals surface area contributed by atoms with E-state index in [1.807, 2.05) is 41.3 Å². The van der Waals surface area contributed by atoms with Crippen molar-refractivity contribution in [3.8, 4) is 17.4 Å². The molecule has 1 aromatic carbocycles. The molecule has 0 bridgehead atoms. The van der Waals surface area contributed by atoms with Crippen LogP contribution >= 0.6 is 0 Å². The first-order valence-corrected chi connectivity index (χ1v) is 8.04. The summed E-state index contributed by atoms with van der Waals surface area (Å²) in [4.78, 5) is 18.1. The van der Waals surface area contributed by atoms with Crippen molar-refractivity contribution in [2.75, 3.05) is 20.2 Å². The van der Waals surface area contributed by atoms with Crippen LogP contribution in [0.2, 0.25) is 0 Å². The molecule has 0 saturated carbocycles. The first-order chi connectivity index (χ1) is 11.7. The zero-order valence-corrected chi connectivity index (χ0v) is 13.7. The molecule has 1 fully saturated rings. The van der Waals surface area contributed by atoms with Crippen molar-refractivity contribution in [1.29, 1.82) is 0 Å². The molecule has 1 aromatic heterocycles. The number of carbonyl (C=O) groups excluding carboxylic acids is 1. The zero-order valence-electron chi connectivity index (χ0n) is 13.7. The van der Waals surface area contributed by atoms with Gasteiger partial charge in [0.05, 0.1) is 7.11 Å². The van der Waals surface area contributed by atoms with Gasteiger partial charge in [0.15, 0.2) is 0 Å². The van der Waals surface area contributed by atoms with Gasteiger partial charge in [-0.1, -0.05) is 0 Å². The average molecular weight is 327 g/mol. The van der Waals surface area contributed by atoms with Crippen LogP contribution in [-0.4, -0.2) is 36.1 Å². The van der Waals surface area contributed by atoms with E-state index in [2.05, 4.69) is 10.3 Å². The van der Waals surface area contributed by atoms with Gasteiger partial charge in [0.1, 0.15) is 11.5 Å². The van der Waals surface area contributed by atoms with Crippen molar-refractivity contribution < 1.29 is 14.3 Å². The molecule has 6 heteroatoms. The van der Waals surface area contributed by atoms with Gasteiger partial charge in [0.2, 0.25) is 5.88 Å². The summed E-state index contributed by atoms with van der Waals surface area (Å²) in [5, 5.41) is 2.93. The molecule has 0 aliphatic carbocycles. The fourth-order valence-electron chi connectivity index (χ4n) is 2.59. The van der Waals surface area contributed by atoms with E-state index in [1.54, 1.807) is 13.3 Å². The van der Waals surface area contributed by atoms with E-state index in [0.29, 0.717) is 18.2 Å². The normalized spacial score (nSPS) is 13.6. The van der Waals surface area contributed by atoms with Crippen LogP contribution in [0.5, 0.6) is 17.4 Å². The third-order valence-electron chi connectivity index (χ3n) is 3.92. The summed E-state index contributed by atoms with van der Waals surface area (Å²) in [6.07, 6.45) is 3.85. The molecule has 3 rings (SSSR count). The number of pyridine rings is 1. The van der Waals surface area contributed by atoms with Crippen LogP contribution in [0.3, 0.4) is 0 Å². The van der Waals surface area contributed by atoms with Gasteiger partial charge in [0.25, 0.3) is 0 Å². The molecule has 0 unspecified atom stereocenters. The lowest BCUT2D eigenvalue weighted by Crippen LogP contribution is -2.37. The van der Waals surface area contributed by atoms with Gasteiger partial charge >= 0.3 is 6.03 Å². The standard InChI is InChI=1S/C18H21N3O3/c1-23-15-4-6-16(7-5-15)24-17-12-14(8-9-19-17)13-20-18(22)21-10-2-3-11-21/h4-9,12H,2-3,10-11,13H2,1H3,(H,20,22). The number of benzene rings is 1. The van der Waals surface area contributed by atoms with Crippen LogP contribution in [0.25, 0.3) is 0 Å². The van der Waals surface area contributed by atoms with Gasteiger partial charge in [-0.05, 0) is 48.7 Å². The summed E-state index contributed by atoms with van der Waals surface area (Å²) in [5.74, 6) is 1.95. The van der Waals surface area contributed by atoms with Gasteiger partial charge in [0, 0.05) is 31.9 Å². The minimum absolute atomic E-state index is 0.0121. The van der Waals surface area contributed by atoms with Crippen LogP contribution in [0.4, 0.5) is 4.79 Å². The van der Waals surface area contributed by atoms with Crippen LogP contribution in [0, 0.1) is 0 Å². The molecule has 1 aliphatic rings. The maximum atomic E-state index is 12.0. The number of methoxy groups -OCH3 is 1. The Balaban J connectivity index is 1.57. The van der Waals surface area contributed by atoms with Crippen LogP contribution in [-0.2, 0) is 6.54 Å². The number of likely N-dealkylation sites (tertiary alicyclic amines) is 1. The van der Waals surface area contributed by atoms with Crippen LogP contribution < -0.4 is 14.8 Å². The van der Waals surface area contributed by atoms with Gasteiger partial charge < -0.3 is 19.7 Å². The Kier molecular flexibility index (Phi) is 5.15. The van der Waals surface area contributed by atoms with E-state index in [0.717, 1.165) is 37.2 Å². The third kappa shape index (κ3) is 4.16. The van der Waals surface area contributed by atoms with E-state index in [4.69, 9.17) is 9.47 Å². The minimum Gasteiger partial charge on any atom is -0.497 e. The summed E-state index contributed by atoms with van der Waals surface area (Å²) in [5.41, 5.74) is 0.945. The molecule has 0 radical (unpaired) electrons. The molecule has 24 heavy (non-hydrogen) atoms. The number of nitrogens with zero attached hydrogens (tertiary/aromatic N) is 2. The van der Waals surface area contributed by atoms with Crippen molar-refractivity contribution in [1.82, 2.24) is 15.2 Å². The molecule has 2 heterocycles. The third-order valence-corrected chi connectivity index (χ3v) is 3.92. The molecular weight excluding hydrogens is 306 g/mol. The molecule has 0 atom stereocenters. The molecule has 2 aromatic rings. The van der Waals surface area contributed by atoms with Crippen molar-refractivity contribution >= 4 is 6.03 Å². The predicted molar refractivity (Wildman–Crippen MR) is 90.3 cm³/mol. The number of aromatic nitrogens is 1. The summed E-state index contributed by atoms with van der Waals surface area (Å²) in [7, 11) is 1.62. The highest BCUT2D eigenvalue weighted by molar-refractivity contribution is 5.74. The first-order valence-electron chi connectivity index (χ1n) is 8.04. The Bertz CT molecular complexity index is 682. The smallest absolute Gasteiger partial charge is 0.317 e. The fraction of sp³-hybridized carbons (Fsp3) is 0.333. The maximum Gasteiger partial charge on any atom is 0.317 e. The molecule has 1 aliphatic heterocycles. The molecule has 1 N–H and O–H groups in total. The van der Waals surface area contributed by atoms with Gasteiger partial charge in [-0.15, -0.1) is 0 Å². The van der Waals surface area contributed by atoms with Gasteiger partial charge in [-0.25, -0.2) is 9.78 Å². The molecular formula is C18H21N3O3. The van der Waals surface area contributed by atoms with Crippen molar-refractivity contribution in [3.63, 3.8) is 0 Å². The first kappa shape index (κ1) is 16.1. The van der Waals surface area contributed by atoms with E-state index in [1.165, 1.54) is 0 Å². The highest BCUT2D eigenvalue weighted by Gasteiger charge is 2.17. The lowest BCUT2D eigenvalue weighted by Gasteiger charge is -2.16.